The predicted molar refractivity (Wildman–Crippen MR) is 67.8 cm³/mol. The monoisotopic (exact) mass is 254 g/mol. The normalized spacial score (nSPS) is 10.6. The van der Waals surface area contributed by atoms with E-state index in [9.17, 15) is 0 Å². The van der Waals surface area contributed by atoms with Gasteiger partial charge in [0.15, 0.2) is 5.13 Å². The van der Waals surface area contributed by atoms with Crippen molar-refractivity contribution in [3.8, 4) is 11.3 Å². The van der Waals surface area contributed by atoms with Crippen LogP contribution in [-0.2, 0) is 6.42 Å². The molecule has 0 fully saturated rings. The third kappa shape index (κ3) is 2.35. The molecule has 2 rings (SSSR count). The van der Waals surface area contributed by atoms with Gasteiger partial charge in [0.1, 0.15) is 0 Å². The molecule has 1 heterocycles. The second kappa shape index (κ2) is 4.82. The lowest BCUT2D eigenvalue weighted by Crippen LogP contribution is -1.90. The lowest BCUT2D eigenvalue weighted by Gasteiger charge is -2.00. The van der Waals surface area contributed by atoms with E-state index < -0.39 is 0 Å². The Morgan fingerprint density at radius 2 is 2.00 bits per heavy atom. The van der Waals surface area contributed by atoms with Gasteiger partial charge >= 0.3 is 0 Å². The van der Waals surface area contributed by atoms with Crippen molar-refractivity contribution < 1.29 is 5.11 Å². The van der Waals surface area contributed by atoms with E-state index in [0.717, 1.165) is 16.1 Å². The topological polar surface area (TPSA) is 59.1 Å². The highest BCUT2D eigenvalue weighted by Gasteiger charge is 2.10. The van der Waals surface area contributed by atoms with E-state index in [4.69, 9.17) is 22.4 Å². The Morgan fingerprint density at radius 1 is 1.31 bits per heavy atom. The summed E-state index contributed by atoms with van der Waals surface area (Å²) >= 11 is 7.23. The molecule has 3 nitrogen and oxygen atoms in total. The zero-order valence-corrected chi connectivity index (χ0v) is 10.1. The van der Waals surface area contributed by atoms with Crippen molar-refractivity contribution in [1.82, 2.24) is 4.98 Å². The summed E-state index contributed by atoms with van der Waals surface area (Å²) in [5, 5.41) is 10.2. The minimum atomic E-state index is 0.0994. The average molecular weight is 255 g/mol. The van der Waals surface area contributed by atoms with E-state index in [2.05, 4.69) is 4.98 Å². The van der Waals surface area contributed by atoms with Crippen LogP contribution in [0.3, 0.4) is 0 Å². The number of hydrogen-bond donors (Lipinski definition) is 2. The van der Waals surface area contributed by atoms with E-state index in [-0.39, 0.29) is 6.61 Å². The van der Waals surface area contributed by atoms with Gasteiger partial charge in [0.05, 0.1) is 5.69 Å². The second-order valence-electron chi connectivity index (χ2n) is 3.30. The number of nitrogen functional groups attached to an aromatic ring is 1. The van der Waals surface area contributed by atoms with Gasteiger partial charge in [-0.15, -0.1) is 11.3 Å². The summed E-state index contributed by atoms with van der Waals surface area (Å²) in [5.41, 5.74) is 7.49. The molecule has 0 aliphatic rings. The Bertz CT molecular complexity index is 481. The van der Waals surface area contributed by atoms with Gasteiger partial charge in [-0.2, -0.15) is 0 Å². The first-order valence-corrected chi connectivity index (χ1v) is 6.02. The fourth-order valence-electron chi connectivity index (χ4n) is 1.47. The molecule has 2 aromatic rings. The van der Waals surface area contributed by atoms with Crippen LogP contribution < -0.4 is 5.73 Å². The maximum atomic E-state index is 8.96. The van der Waals surface area contributed by atoms with Crippen LogP contribution in [0.4, 0.5) is 5.13 Å². The van der Waals surface area contributed by atoms with Crippen molar-refractivity contribution in [3.05, 3.63) is 34.2 Å². The van der Waals surface area contributed by atoms with Gasteiger partial charge in [0.2, 0.25) is 0 Å². The largest absolute Gasteiger partial charge is 0.396 e. The number of halogens is 1. The lowest BCUT2D eigenvalue weighted by molar-refractivity contribution is 0.300. The number of benzene rings is 1. The first-order chi connectivity index (χ1) is 7.70. The molecule has 0 saturated carbocycles. The molecule has 0 spiro atoms. The van der Waals surface area contributed by atoms with E-state index in [0.29, 0.717) is 16.6 Å². The van der Waals surface area contributed by atoms with Crippen LogP contribution >= 0.6 is 22.9 Å². The fourth-order valence-corrected chi connectivity index (χ4v) is 2.44. The molecule has 84 valence electrons. The molecule has 0 atom stereocenters. The third-order valence-electron chi connectivity index (χ3n) is 2.17. The van der Waals surface area contributed by atoms with Crippen molar-refractivity contribution in [2.24, 2.45) is 0 Å². The lowest BCUT2D eigenvalue weighted by atomic mass is 10.1. The number of nitrogens with zero attached hydrogens (tertiary/aromatic N) is 1. The average Bonchev–Trinajstić information content (AvgIpc) is 2.61. The van der Waals surface area contributed by atoms with Crippen LogP contribution in [0.15, 0.2) is 24.3 Å². The molecule has 1 aromatic carbocycles. The van der Waals surface area contributed by atoms with Gasteiger partial charge in [0, 0.05) is 28.5 Å². The summed E-state index contributed by atoms with van der Waals surface area (Å²) in [5.74, 6) is 0. The Labute approximate surface area is 103 Å². The molecule has 0 amide bonds. The standard InChI is InChI=1S/C11H11ClN2OS/c12-8-3-1-7(2-4-8)10-9(5-6-15)16-11(13)14-10/h1-4,15H,5-6H2,(H2,13,14). The van der Waals surface area contributed by atoms with Crippen LogP contribution in [0, 0.1) is 0 Å². The van der Waals surface area contributed by atoms with Crippen molar-refractivity contribution >= 4 is 28.1 Å². The molecular weight excluding hydrogens is 244 g/mol. The molecule has 0 radical (unpaired) electrons. The number of rotatable bonds is 3. The first kappa shape index (κ1) is 11.4. The smallest absolute Gasteiger partial charge is 0.180 e. The number of aliphatic hydroxyl groups is 1. The highest BCUT2D eigenvalue weighted by atomic mass is 35.5. The molecule has 16 heavy (non-hydrogen) atoms. The summed E-state index contributed by atoms with van der Waals surface area (Å²) in [4.78, 5) is 5.27. The zero-order valence-electron chi connectivity index (χ0n) is 8.48. The van der Waals surface area contributed by atoms with Crippen LogP contribution in [0.5, 0.6) is 0 Å². The second-order valence-corrected chi connectivity index (χ2v) is 4.86. The van der Waals surface area contributed by atoms with Gasteiger partial charge in [-0.1, -0.05) is 23.7 Å². The maximum absolute atomic E-state index is 8.96. The zero-order chi connectivity index (χ0) is 11.5. The van der Waals surface area contributed by atoms with Crippen LogP contribution in [0.2, 0.25) is 5.02 Å². The molecule has 5 heteroatoms. The summed E-state index contributed by atoms with van der Waals surface area (Å²) in [6.45, 7) is 0.0994. The van der Waals surface area contributed by atoms with E-state index in [1.165, 1.54) is 11.3 Å². The minimum Gasteiger partial charge on any atom is -0.396 e. The van der Waals surface area contributed by atoms with Crippen LogP contribution in [0.1, 0.15) is 4.88 Å². The van der Waals surface area contributed by atoms with Crippen molar-refractivity contribution in [1.29, 1.82) is 0 Å². The van der Waals surface area contributed by atoms with E-state index >= 15 is 0 Å². The van der Waals surface area contributed by atoms with E-state index in [1.807, 2.05) is 24.3 Å². The molecule has 0 aliphatic heterocycles. The highest BCUT2D eigenvalue weighted by Crippen LogP contribution is 2.30. The van der Waals surface area contributed by atoms with Gasteiger partial charge in [-0.25, -0.2) is 4.98 Å². The van der Waals surface area contributed by atoms with Gasteiger partial charge in [-0.3, -0.25) is 0 Å². The number of anilines is 1. The molecule has 1 aromatic heterocycles. The molecule has 0 bridgehead atoms. The molecule has 0 saturated heterocycles. The summed E-state index contributed by atoms with van der Waals surface area (Å²) in [6.07, 6.45) is 0.576. The highest BCUT2D eigenvalue weighted by molar-refractivity contribution is 7.15. The quantitative estimate of drug-likeness (QED) is 0.885. The first-order valence-electron chi connectivity index (χ1n) is 4.82. The predicted octanol–water partition coefficient (Wildman–Crippen LogP) is 2.58. The van der Waals surface area contributed by atoms with Crippen molar-refractivity contribution in [2.75, 3.05) is 12.3 Å². The number of nitrogens with two attached hydrogens (primary N) is 1. The molecular formula is C11H11ClN2OS. The minimum absolute atomic E-state index is 0.0994. The van der Waals surface area contributed by atoms with Crippen LogP contribution in [-0.4, -0.2) is 16.7 Å². The van der Waals surface area contributed by atoms with Crippen LogP contribution in [0.25, 0.3) is 11.3 Å². The van der Waals surface area contributed by atoms with Crippen molar-refractivity contribution in [2.45, 2.75) is 6.42 Å². The fraction of sp³-hybridized carbons (Fsp3) is 0.182. The summed E-state index contributed by atoms with van der Waals surface area (Å²) < 4.78 is 0. The SMILES string of the molecule is Nc1nc(-c2ccc(Cl)cc2)c(CCO)s1. The molecule has 3 N–H and O–H groups in total. The number of hydrogen-bond acceptors (Lipinski definition) is 4. The number of aromatic nitrogens is 1. The van der Waals surface area contributed by atoms with Crippen molar-refractivity contribution in [3.63, 3.8) is 0 Å². The molecule has 0 unspecified atom stereocenters. The Morgan fingerprint density at radius 3 is 2.62 bits per heavy atom. The Kier molecular flexibility index (Phi) is 3.43. The summed E-state index contributed by atoms with van der Waals surface area (Å²) in [7, 11) is 0. The maximum Gasteiger partial charge on any atom is 0.180 e. The number of aliphatic hydroxyl groups excluding tert-OH is 1. The van der Waals surface area contributed by atoms with Gasteiger partial charge in [-0.05, 0) is 12.1 Å². The van der Waals surface area contributed by atoms with Gasteiger partial charge in [0.25, 0.3) is 0 Å². The van der Waals surface area contributed by atoms with E-state index in [1.54, 1.807) is 0 Å². The third-order valence-corrected chi connectivity index (χ3v) is 3.37. The number of thiazole rings is 1. The Balaban J connectivity index is 2.42. The van der Waals surface area contributed by atoms with Gasteiger partial charge < -0.3 is 10.8 Å². The summed E-state index contributed by atoms with van der Waals surface area (Å²) in [6, 6.07) is 7.43. The molecule has 0 aliphatic carbocycles. The Hall–Kier alpha value is -1.10.